The standard InChI is InChI=1S/C22H20O2/c23-22(20-9-5-2-6-10-20)16-13-18-11-14-21(15-12-18)24-17-19-7-3-1-4-8-19/h1-12,14-15H,13,16-17H2. The van der Waals surface area contributed by atoms with Crippen molar-refractivity contribution in [1.29, 1.82) is 0 Å². The maximum absolute atomic E-state index is 12.1. The molecule has 0 aliphatic rings. The Kier molecular flexibility index (Phi) is 5.41. The predicted octanol–water partition coefficient (Wildman–Crippen LogP) is 5.08. The first-order valence-corrected chi connectivity index (χ1v) is 8.15. The monoisotopic (exact) mass is 316 g/mol. The predicted molar refractivity (Wildman–Crippen MR) is 96.3 cm³/mol. The summed E-state index contributed by atoms with van der Waals surface area (Å²) in [6.45, 7) is 0.562. The van der Waals surface area contributed by atoms with Gasteiger partial charge in [-0.05, 0) is 29.7 Å². The summed E-state index contributed by atoms with van der Waals surface area (Å²) in [7, 11) is 0. The van der Waals surface area contributed by atoms with E-state index >= 15 is 0 Å². The highest BCUT2D eigenvalue weighted by Crippen LogP contribution is 2.16. The van der Waals surface area contributed by atoms with E-state index < -0.39 is 0 Å². The normalized spacial score (nSPS) is 10.3. The van der Waals surface area contributed by atoms with Crippen molar-refractivity contribution in [2.75, 3.05) is 0 Å². The van der Waals surface area contributed by atoms with Crippen molar-refractivity contribution in [2.45, 2.75) is 19.4 Å². The fraction of sp³-hybridized carbons (Fsp3) is 0.136. The lowest BCUT2D eigenvalue weighted by molar-refractivity contribution is 0.0983. The van der Waals surface area contributed by atoms with Crippen molar-refractivity contribution in [1.82, 2.24) is 0 Å². The van der Waals surface area contributed by atoms with Gasteiger partial charge in [0.15, 0.2) is 5.78 Å². The molecule has 0 fully saturated rings. The molecule has 0 spiro atoms. The number of hydrogen-bond donors (Lipinski definition) is 0. The van der Waals surface area contributed by atoms with Crippen LogP contribution in [-0.4, -0.2) is 5.78 Å². The van der Waals surface area contributed by atoms with Gasteiger partial charge >= 0.3 is 0 Å². The molecule has 0 radical (unpaired) electrons. The van der Waals surface area contributed by atoms with Crippen LogP contribution in [0.1, 0.15) is 27.9 Å². The quantitative estimate of drug-likeness (QED) is 0.568. The molecule has 2 nitrogen and oxygen atoms in total. The summed E-state index contributed by atoms with van der Waals surface area (Å²) < 4.78 is 5.78. The van der Waals surface area contributed by atoms with Gasteiger partial charge in [0.1, 0.15) is 12.4 Å². The highest BCUT2D eigenvalue weighted by molar-refractivity contribution is 5.96. The van der Waals surface area contributed by atoms with Crippen molar-refractivity contribution in [3.8, 4) is 5.75 Å². The molecular formula is C22H20O2. The Bertz CT molecular complexity index is 762. The molecule has 0 atom stereocenters. The third-order valence-electron chi connectivity index (χ3n) is 3.91. The number of ketones is 1. The van der Waals surface area contributed by atoms with Crippen LogP contribution in [0.3, 0.4) is 0 Å². The zero-order valence-electron chi connectivity index (χ0n) is 13.5. The molecule has 0 aliphatic heterocycles. The molecule has 120 valence electrons. The minimum atomic E-state index is 0.181. The van der Waals surface area contributed by atoms with E-state index in [-0.39, 0.29) is 5.78 Å². The van der Waals surface area contributed by atoms with E-state index in [0.717, 1.165) is 28.9 Å². The average molecular weight is 316 g/mol. The van der Waals surface area contributed by atoms with Crippen LogP contribution in [0.4, 0.5) is 0 Å². The van der Waals surface area contributed by atoms with Gasteiger partial charge in [-0.2, -0.15) is 0 Å². The molecule has 2 heteroatoms. The van der Waals surface area contributed by atoms with Crippen molar-refractivity contribution in [3.05, 3.63) is 102 Å². The van der Waals surface area contributed by atoms with Crippen molar-refractivity contribution < 1.29 is 9.53 Å². The van der Waals surface area contributed by atoms with Crippen LogP contribution >= 0.6 is 0 Å². The molecule has 0 saturated heterocycles. The summed E-state index contributed by atoms with van der Waals surface area (Å²) in [5.41, 5.74) is 3.07. The number of carbonyl (C=O) groups is 1. The molecule has 3 rings (SSSR count). The molecule has 0 saturated carbocycles. The molecule has 0 amide bonds. The number of ether oxygens (including phenoxy) is 1. The summed E-state index contributed by atoms with van der Waals surface area (Å²) in [6.07, 6.45) is 1.26. The Balaban J connectivity index is 1.50. The molecule has 24 heavy (non-hydrogen) atoms. The van der Waals surface area contributed by atoms with Crippen LogP contribution in [0, 0.1) is 0 Å². The van der Waals surface area contributed by atoms with Crippen molar-refractivity contribution >= 4 is 5.78 Å². The third-order valence-corrected chi connectivity index (χ3v) is 3.91. The number of benzene rings is 3. The second-order valence-electron chi connectivity index (χ2n) is 5.71. The third kappa shape index (κ3) is 4.56. The molecule has 0 heterocycles. The van der Waals surface area contributed by atoms with Gasteiger partial charge in [-0.1, -0.05) is 72.8 Å². The van der Waals surface area contributed by atoms with Crippen molar-refractivity contribution in [3.63, 3.8) is 0 Å². The number of hydrogen-bond acceptors (Lipinski definition) is 2. The van der Waals surface area contributed by atoms with Crippen LogP contribution in [0.2, 0.25) is 0 Å². The molecule has 0 aromatic heterocycles. The Labute approximate surface area is 142 Å². The second kappa shape index (κ2) is 8.11. The number of rotatable bonds is 7. The van der Waals surface area contributed by atoms with Gasteiger partial charge in [0, 0.05) is 12.0 Å². The Morgan fingerprint density at radius 3 is 2.00 bits per heavy atom. The van der Waals surface area contributed by atoms with Gasteiger partial charge in [-0.25, -0.2) is 0 Å². The van der Waals surface area contributed by atoms with E-state index in [9.17, 15) is 4.79 Å². The van der Waals surface area contributed by atoms with Crippen LogP contribution in [0.25, 0.3) is 0 Å². The maximum atomic E-state index is 12.1. The Hall–Kier alpha value is -2.87. The molecule has 0 N–H and O–H groups in total. The highest BCUT2D eigenvalue weighted by atomic mass is 16.5. The molecular weight excluding hydrogens is 296 g/mol. The first kappa shape index (κ1) is 16.0. The topological polar surface area (TPSA) is 26.3 Å². The number of Topliss-reactive ketones (excluding diaryl/α,β-unsaturated/α-hetero) is 1. The first-order valence-electron chi connectivity index (χ1n) is 8.15. The average Bonchev–Trinajstić information content (AvgIpc) is 2.67. The van der Waals surface area contributed by atoms with Gasteiger partial charge in [0.25, 0.3) is 0 Å². The first-order chi connectivity index (χ1) is 11.8. The fourth-order valence-corrected chi connectivity index (χ4v) is 2.52. The number of aryl methyl sites for hydroxylation is 1. The Morgan fingerprint density at radius 1 is 0.708 bits per heavy atom. The summed E-state index contributed by atoms with van der Waals surface area (Å²) in [4.78, 5) is 12.1. The fourth-order valence-electron chi connectivity index (χ4n) is 2.52. The zero-order valence-corrected chi connectivity index (χ0v) is 13.5. The van der Waals surface area contributed by atoms with E-state index in [1.165, 1.54) is 0 Å². The summed E-state index contributed by atoms with van der Waals surface area (Å²) in [5, 5.41) is 0. The van der Waals surface area contributed by atoms with Crippen LogP contribution in [-0.2, 0) is 13.0 Å². The maximum Gasteiger partial charge on any atom is 0.163 e. The van der Waals surface area contributed by atoms with Gasteiger partial charge < -0.3 is 4.74 Å². The lowest BCUT2D eigenvalue weighted by Gasteiger charge is -2.07. The minimum absolute atomic E-state index is 0.181. The molecule has 0 bridgehead atoms. The molecule has 3 aromatic carbocycles. The second-order valence-corrected chi connectivity index (χ2v) is 5.71. The van der Waals surface area contributed by atoms with Gasteiger partial charge in [-0.3, -0.25) is 4.79 Å². The number of carbonyl (C=O) groups excluding carboxylic acids is 1. The van der Waals surface area contributed by atoms with Crippen LogP contribution in [0.5, 0.6) is 5.75 Å². The van der Waals surface area contributed by atoms with Crippen LogP contribution in [0.15, 0.2) is 84.9 Å². The smallest absolute Gasteiger partial charge is 0.163 e. The van der Waals surface area contributed by atoms with E-state index in [1.807, 2.05) is 84.9 Å². The summed E-state index contributed by atoms with van der Waals surface area (Å²) in [6, 6.07) is 27.5. The van der Waals surface area contributed by atoms with E-state index in [0.29, 0.717) is 13.0 Å². The highest BCUT2D eigenvalue weighted by Gasteiger charge is 2.05. The lowest BCUT2D eigenvalue weighted by Crippen LogP contribution is -2.01. The van der Waals surface area contributed by atoms with Gasteiger partial charge in [0.2, 0.25) is 0 Å². The molecule has 0 aliphatic carbocycles. The Morgan fingerprint density at radius 2 is 1.33 bits per heavy atom. The minimum Gasteiger partial charge on any atom is -0.489 e. The van der Waals surface area contributed by atoms with Crippen LogP contribution < -0.4 is 4.74 Å². The summed E-state index contributed by atoms with van der Waals surface area (Å²) in [5.74, 6) is 1.02. The zero-order chi connectivity index (χ0) is 16.6. The van der Waals surface area contributed by atoms with E-state index in [1.54, 1.807) is 0 Å². The SMILES string of the molecule is O=C(CCc1ccc(OCc2ccccc2)cc1)c1ccccc1. The lowest BCUT2D eigenvalue weighted by atomic mass is 10.0. The molecule has 3 aromatic rings. The molecule has 0 unspecified atom stereocenters. The van der Waals surface area contributed by atoms with Gasteiger partial charge in [0.05, 0.1) is 0 Å². The largest absolute Gasteiger partial charge is 0.489 e. The van der Waals surface area contributed by atoms with Crippen molar-refractivity contribution in [2.24, 2.45) is 0 Å². The van der Waals surface area contributed by atoms with E-state index in [2.05, 4.69) is 0 Å². The van der Waals surface area contributed by atoms with Gasteiger partial charge in [-0.15, -0.1) is 0 Å². The van der Waals surface area contributed by atoms with E-state index in [4.69, 9.17) is 4.74 Å². The summed E-state index contributed by atoms with van der Waals surface area (Å²) >= 11 is 0.